The van der Waals surface area contributed by atoms with Gasteiger partial charge in [-0.1, -0.05) is 18.2 Å². The molecule has 6 heteroatoms. The Kier molecular flexibility index (Phi) is 3.94. The summed E-state index contributed by atoms with van der Waals surface area (Å²) >= 11 is 0. The van der Waals surface area contributed by atoms with E-state index in [1.165, 1.54) is 4.68 Å². The Hall–Kier alpha value is -2.21. The normalized spacial score (nSPS) is 18.6. The minimum absolute atomic E-state index is 0.0205. The minimum atomic E-state index is -0.147. The second kappa shape index (κ2) is 5.88. The third-order valence-corrected chi connectivity index (χ3v) is 4.04. The van der Waals surface area contributed by atoms with E-state index in [4.69, 9.17) is 4.74 Å². The molecule has 1 aromatic heterocycles. The van der Waals surface area contributed by atoms with Crippen LogP contribution in [-0.2, 0) is 23.0 Å². The molecule has 2 aromatic rings. The molecule has 1 fully saturated rings. The SMILES string of the molecule is CC1COCCN1C(=O)Cc1nn(C)c(=O)c2ccccc12. The smallest absolute Gasteiger partial charge is 0.274 e. The van der Waals surface area contributed by atoms with Crippen molar-refractivity contribution in [2.75, 3.05) is 19.8 Å². The lowest BCUT2D eigenvalue weighted by atomic mass is 10.1. The molecule has 2 heterocycles. The van der Waals surface area contributed by atoms with Crippen LogP contribution in [0.3, 0.4) is 0 Å². The quantitative estimate of drug-likeness (QED) is 0.820. The van der Waals surface area contributed by atoms with Crippen LogP contribution in [0.5, 0.6) is 0 Å². The van der Waals surface area contributed by atoms with E-state index in [0.717, 1.165) is 5.39 Å². The zero-order valence-corrected chi connectivity index (χ0v) is 12.8. The average molecular weight is 301 g/mol. The van der Waals surface area contributed by atoms with Gasteiger partial charge in [0.05, 0.1) is 36.8 Å². The van der Waals surface area contributed by atoms with Crippen molar-refractivity contribution in [3.05, 3.63) is 40.3 Å². The molecule has 0 radical (unpaired) electrons. The van der Waals surface area contributed by atoms with Crippen molar-refractivity contribution in [3.8, 4) is 0 Å². The molecule has 6 nitrogen and oxygen atoms in total. The molecule has 1 aromatic carbocycles. The fraction of sp³-hybridized carbons (Fsp3) is 0.438. The van der Waals surface area contributed by atoms with Gasteiger partial charge in [-0.05, 0) is 13.0 Å². The number of carbonyl (C=O) groups excluding carboxylic acids is 1. The van der Waals surface area contributed by atoms with E-state index in [0.29, 0.717) is 30.8 Å². The Morgan fingerprint density at radius 2 is 2.09 bits per heavy atom. The van der Waals surface area contributed by atoms with Gasteiger partial charge in [-0.15, -0.1) is 0 Å². The van der Waals surface area contributed by atoms with Gasteiger partial charge in [0, 0.05) is 19.0 Å². The van der Waals surface area contributed by atoms with Gasteiger partial charge in [-0.25, -0.2) is 4.68 Å². The molecule has 1 unspecified atom stereocenters. The van der Waals surface area contributed by atoms with Gasteiger partial charge in [0.15, 0.2) is 0 Å². The summed E-state index contributed by atoms with van der Waals surface area (Å²) in [5.41, 5.74) is 0.493. The highest BCUT2D eigenvalue weighted by Gasteiger charge is 2.24. The van der Waals surface area contributed by atoms with E-state index in [1.807, 2.05) is 30.0 Å². The van der Waals surface area contributed by atoms with Gasteiger partial charge in [-0.2, -0.15) is 5.10 Å². The molecule has 0 saturated carbocycles. The van der Waals surface area contributed by atoms with E-state index >= 15 is 0 Å². The predicted octanol–water partition coefficient (Wildman–Crippen LogP) is 0.723. The second-order valence-electron chi connectivity index (χ2n) is 5.61. The van der Waals surface area contributed by atoms with Crippen molar-refractivity contribution in [3.63, 3.8) is 0 Å². The molecule has 116 valence electrons. The third kappa shape index (κ3) is 2.62. The molecule has 1 saturated heterocycles. The van der Waals surface area contributed by atoms with E-state index in [-0.39, 0.29) is 23.9 Å². The first-order chi connectivity index (χ1) is 10.6. The second-order valence-corrected chi connectivity index (χ2v) is 5.61. The number of hydrogen-bond acceptors (Lipinski definition) is 4. The van der Waals surface area contributed by atoms with Crippen molar-refractivity contribution < 1.29 is 9.53 Å². The van der Waals surface area contributed by atoms with Crippen LogP contribution >= 0.6 is 0 Å². The number of carbonyl (C=O) groups is 1. The Bertz CT molecular complexity index is 769. The Morgan fingerprint density at radius 3 is 2.82 bits per heavy atom. The summed E-state index contributed by atoms with van der Waals surface area (Å²) in [7, 11) is 1.61. The molecule has 0 N–H and O–H groups in total. The number of rotatable bonds is 2. The first-order valence-corrected chi connectivity index (χ1v) is 7.40. The van der Waals surface area contributed by atoms with Crippen LogP contribution in [0.15, 0.2) is 29.1 Å². The van der Waals surface area contributed by atoms with Gasteiger partial charge >= 0.3 is 0 Å². The number of morpholine rings is 1. The summed E-state index contributed by atoms with van der Waals surface area (Å²) in [4.78, 5) is 26.5. The molecular formula is C16H19N3O3. The van der Waals surface area contributed by atoms with Gasteiger partial charge < -0.3 is 9.64 Å². The van der Waals surface area contributed by atoms with E-state index in [1.54, 1.807) is 13.1 Å². The van der Waals surface area contributed by atoms with Gasteiger partial charge in [0.25, 0.3) is 5.56 Å². The van der Waals surface area contributed by atoms with Crippen molar-refractivity contribution in [1.29, 1.82) is 0 Å². The minimum Gasteiger partial charge on any atom is -0.377 e. The maximum atomic E-state index is 12.6. The monoisotopic (exact) mass is 301 g/mol. The van der Waals surface area contributed by atoms with Crippen LogP contribution in [0.1, 0.15) is 12.6 Å². The van der Waals surface area contributed by atoms with E-state index in [2.05, 4.69) is 5.10 Å². The predicted molar refractivity (Wildman–Crippen MR) is 82.7 cm³/mol. The Balaban J connectivity index is 1.95. The molecular weight excluding hydrogens is 282 g/mol. The summed E-state index contributed by atoms with van der Waals surface area (Å²) in [6, 6.07) is 7.36. The molecule has 1 amide bonds. The van der Waals surface area contributed by atoms with Crippen molar-refractivity contribution in [2.45, 2.75) is 19.4 Å². The number of aromatic nitrogens is 2. The summed E-state index contributed by atoms with van der Waals surface area (Å²) in [6.45, 7) is 3.71. The number of hydrogen-bond donors (Lipinski definition) is 0. The summed E-state index contributed by atoms with van der Waals surface area (Å²) in [5, 5.41) is 5.63. The fourth-order valence-corrected chi connectivity index (χ4v) is 2.85. The highest BCUT2D eigenvalue weighted by Crippen LogP contribution is 2.16. The molecule has 0 bridgehead atoms. The molecule has 0 aliphatic carbocycles. The van der Waals surface area contributed by atoms with Crippen molar-refractivity contribution in [1.82, 2.24) is 14.7 Å². The van der Waals surface area contributed by atoms with Gasteiger partial charge in [0.2, 0.25) is 5.91 Å². The standard InChI is InChI=1S/C16H19N3O3/c1-11-10-22-8-7-19(11)15(20)9-14-12-5-3-4-6-13(12)16(21)18(2)17-14/h3-6,11H,7-10H2,1-2H3. The van der Waals surface area contributed by atoms with Crippen LogP contribution in [-0.4, -0.2) is 46.4 Å². The topological polar surface area (TPSA) is 64.4 Å². The summed E-state index contributed by atoms with van der Waals surface area (Å²) in [6.07, 6.45) is 0.193. The van der Waals surface area contributed by atoms with Crippen LogP contribution in [0.4, 0.5) is 0 Å². The van der Waals surface area contributed by atoms with Gasteiger partial charge in [0.1, 0.15) is 0 Å². The number of amides is 1. The maximum Gasteiger partial charge on any atom is 0.274 e. The lowest BCUT2D eigenvalue weighted by molar-refractivity contribution is -0.138. The average Bonchev–Trinajstić information content (AvgIpc) is 2.52. The van der Waals surface area contributed by atoms with Crippen LogP contribution < -0.4 is 5.56 Å². The molecule has 3 rings (SSSR count). The van der Waals surface area contributed by atoms with Crippen LogP contribution in [0.25, 0.3) is 10.8 Å². The van der Waals surface area contributed by atoms with Crippen molar-refractivity contribution in [2.24, 2.45) is 7.05 Å². The van der Waals surface area contributed by atoms with Crippen LogP contribution in [0.2, 0.25) is 0 Å². The number of aryl methyl sites for hydroxylation is 1. The lowest BCUT2D eigenvalue weighted by Gasteiger charge is -2.33. The highest BCUT2D eigenvalue weighted by molar-refractivity contribution is 5.88. The molecule has 1 atom stereocenters. The highest BCUT2D eigenvalue weighted by atomic mass is 16.5. The maximum absolute atomic E-state index is 12.6. The molecule has 1 aliphatic heterocycles. The summed E-state index contributed by atoms with van der Waals surface area (Å²) < 4.78 is 6.66. The molecule has 1 aliphatic rings. The number of ether oxygens (including phenoxy) is 1. The molecule has 22 heavy (non-hydrogen) atoms. The van der Waals surface area contributed by atoms with Crippen molar-refractivity contribution >= 4 is 16.7 Å². The first kappa shape index (κ1) is 14.7. The Morgan fingerprint density at radius 1 is 1.36 bits per heavy atom. The zero-order valence-electron chi connectivity index (χ0n) is 12.8. The van der Waals surface area contributed by atoms with Gasteiger partial charge in [-0.3, -0.25) is 9.59 Å². The Labute approximate surface area is 128 Å². The van der Waals surface area contributed by atoms with E-state index < -0.39 is 0 Å². The number of fused-ring (bicyclic) bond motifs is 1. The summed E-state index contributed by atoms with van der Waals surface area (Å²) in [5.74, 6) is 0.0205. The largest absolute Gasteiger partial charge is 0.377 e. The number of benzene rings is 1. The van der Waals surface area contributed by atoms with E-state index in [9.17, 15) is 9.59 Å². The van der Waals surface area contributed by atoms with Crippen LogP contribution in [0, 0.1) is 0 Å². The zero-order chi connectivity index (χ0) is 15.7. The number of nitrogens with zero attached hydrogens (tertiary/aromatic N) is 3. The first-order valence-electron chi connectivity index (χ1n) is 7.40. The fourth-order valence-electron chi connectivity index (χ4n) is 2.85. The lowest BCUT2D eigenvalue weighted by Crippen LogP contribution is -2.47. The molecule has 0 spiro atoms. The third-order valence-electron chi connectivity index (χ3n) is 4.04.